The monoisotopic (exact) mass is 440 g/mol. The molecule has 1 atom stereocenters. The van der Waals surface area contributed by atoms with E-state index in [1.807, 2.05) is 42.5 Å². The van der Waals surface area contributed by atoms with Gasteiger partial charge in [-0.1, -0.05) is 60.7 Å². The SMILES string of the molecule is CN(CC(=O)NC(Cn1ccnc1)C(=O)c1ccccc1)C(=O)c1ccc2ccccc2c1. The number of amides is 2. The zero-order chi connectivity index (χ0) is 23.2. The summed E-state index contributed by atoms with van der Waals surface area (Å²) in [6.45, 7) is 0.0654. The number of fused-ring (bicyclic) bond motifs is 1. The summed E-state index contributed by atoms with van der Waals surface area (Å²) in [5.74, 6) is -0.890. The van der Waals surface area contributed by atoms with E-state index in [9.17, 15) is 14.4 Å². The zero-order valence-corrected chi connectivity index (χ0v) is 18.2. The predicted molar refractivity (Wildman–Crippen MR) is 126 cm³/mol. The fourth-order valence-corrected chi connectivity index (χ4v) is 3.67. The van der Waals surface area contributed by atoms with E-state index in [4.69, 9.17) is 0 Å². The van der Waals surface area contributed by atoms with Gasteiger partial charge in [0, 0.05) is 30.6 Å². The molecule has 1 heterocycles. The maximum Gasteiger partial charge on any atom is 0.254 e. The highest BCUT2D eigenvalue weighted by Crippen LogP contribution is 2.16. The lowest BCUT2D eigenvalue weighted by molar-refractivity contribution is -0.122. The molecular weight excluding hydrogens is 416 g/mol. The second-order valence-corrected chi connectivity index (χ2v) is 7.83. The number of rotatable bonds is 8. The van der Waals surface area contributed by atoms with Crippen molar-refractivity contribution in [3.63, 3.8) is 0 Å². The number of benzene rings is 3. The summed E-state index contributed by atoms with van der Waals surface area (Å²) in [6, 6.07) is 21.2. The van der Waals surface area contributed by atoms with Gasteiger partial charge in [0.05, 0.1) is 19.4 Å². The average molecular weight is 441 g/mol. The van der Waals surface area contributed by atoms with Crippen molar-refractivity contribution in [2.24, 2.45) is 0 Å². The van der Waals surface area contributed by atoms with Crippen molar-refractivity contribution in [2.45, 2.75) is 12.6 Å². The molecule has 0 aliphatic carbocycles. The summed E-state index contributed by atoms with van der Waals surface area (Å²) in [7, 11) is 1.57. The molecule has 1 aromatic heterocycles. The summed E-state index contributed by atoms with van der Waals surface area (Å²) >= 11 is 0. The first-order chi connectivity index (χ1) is 16.0. The van der Waals surface area contributed by atoms with Crippen LogP contribution in [-0.4, -0.2) is 51.7 Å². The second-order valence-electron chi connectivity index (χ2n) is 7.83. The van der Waals surface area contributed by atoms with Crippen LogP contribution >= 0.6 is 0 Å². The number of nitrogens with one attached hydrogen (secondary N) is 1. The van der Waals surface area contributed by atoms with E-state index in [0.717, 1.165) is 10.8 Å². The van der Waals surface area contributed by atoms with Crippen LogP contribution in [0.3, 0.4) is 0 Å². The van der Waals surface area contributed by atoms with E-state index in [-0.39, 0.29) is 24.8 Å². The van der Waals surface area contributed by atoms with Crippen molar-refractivity contribution in [1.29, 1.82) is 0 Å². The number of likely N-dealkylation sites (N-methyl/N-ethyl adjacent to an activating group) is 1. The van der Waals surface area contributed by atoms with E-state index < -0.39 is 11.9 Å². The summed E-state index contributed by atoms with van der Waals surface area (Å²) in [5.41, 5.74) is 1.00. The van der Waals surface area contributed by atoms with Crippen LogP contribution in [0.2, 0.25) is 0 Å². The molecule has 3 aromatic carbocycles. The van der Waals surface area contributed by atoms with Crippen LogP contribution in [-0.2, 0) is 11.3 Å². The van der Waals surface area contributed by atoms with Crippen molar-refractivity contribution in [1.82, 2.24) is 19.8 Å². The summed E-state index contributed by atoms with van der Waals surface area (Å²) in [6.07, 6.45) is 4.93. The third-order valence-corrected chi connectivity index (χ3v) is 5.39. The Morgan fingerprint density at radius 2 is 1.67 bits per heavy atom. The molecule has 0 radical (unpaired) electrons. The Labute approximate surface area is 191 Å². The quantitative estimate of drug-likeness (QED) is 0.427. The van der Waals surface area contributed by atoms with E-state index in [2.05, 4.69) is 10.3 Å². The van der Waals surface area contributed by atoms with Crippen molar-refractivity contribution in [3.8, 4) is 0 Å². The number of imidazole rings is 1. The smallest absolute Gasteiger partial charge is 0.254 e. The van der Waals surface area contributed by atoms with Crippen LogP contribution in [0, 0.1) is 0 Å². The number of ketones is 1. The van der Waals surface area contributed by atoms with Gasteiger partial charge in [-0.2, -0.15) is 0 Å². The van der Waals surface area contributed by atoms with E-state index >= 15 is 0 Å². The Morgan fingerprint density at radius 3 is 2.39 bits per heavy atom. The van der Waals surface area contributed by atoms with Gasteiger partial charge in [0.2, 0.25) is 5.91 Å². The van der Waals surface area contributed by atoms with Gasteiger partial charge in [0.25, 0.3) is 5.91 Å². The number of carbonyl (C=O) groups is 3. The summed E-state index contributed by atoms with van der Waals surface area (Å²) in [5, 5.41) is 4.78. The van der Waals surface area contributed by atoms with Crippen LogP contribution in [0.15, 0.2) is 91.5 Å². The van der Waals surface area contributed by atoms with Crippen LogP contribution in [0.4, 0.5) is 0 Å². The van der Waals surface area contributed by atoms with Crippen LogP contribution in [0.5, 0.6) is 0 Å². The normalized spacial score (nSPS) is 11.7. The van der Waals surface area contributed by atoms with Gasteiger partial charge in [0.1, 0.15) is 6.04 Å². The molecule has 1 N–H and O–H groups in total. The maximum absolute atomic E-state index is 13.0. The van der Waals surface area contributed by atoms with Crippen molar-refractivity contribution in [3.05, 3.63) is 103 Å². The molecule has 33 heavy (non-hydrogen) atoms. The molecule has 0 bridgehead atoms. The third-order valence-electron chi connectivity index (χ3n) is 5.39. The molecule has 7 heteroatoms. The minimum Gasteiger partial charge on any atom is -0.343 e. The molecule has 1 unspecified atom stereocenters. The zero-order valence-electron chi connectivity index (χ0n) is 18.2. The maximum atomic E-state index is 13.0. The van der Waals surface area contributed by atoms with Crippen molar-refractivity contribution >= 4 is 28.4 Å². The van der Waals surface area contributed by atoms with Gasteiger partial charge in [-0.05, 0) is 22.9 Å². The molecule has 4 aromatic rings. The van der Waals surface area contributed by atoms with Gasteiger partial charge < -0.3 is 14.8 Å². The van der Waals surface area contributed by atoms with E-state index in [0.29, 0.717) is 11.1 Å². The minimum atomic E-state index is -0.793. The van der Waals surface area contributed by atoms with Gasteiger partial charge >= 0.3 is 0 Å². The summed E-state index contributed by atoms with van der Waals surface area (Å²) < 4.78 is 1.73. The topological polar surface area (TPSA) is 84.3 Å². The Morgan fingerprint density at radius 1 is 0.939 bits per heavy atom. The largest absolute Gasteiger partial charge is 0.343 e. The lowest BCUT2D eigenvalue weighted by atomic mass is 10.0. The van der Waals surface area contributed by atoms with Gasteiger partial charge in [-0.15, -0.1) is 0 Å². The molecule has 7 nitrogen and oxygen atoms in total. The van der Waals surface area contributed by atoms with Crippen molar-refractivity contribution in [2.75, 3.05) is 13.6 Å². The molecular formula is C26H24N4O3. The van der Waals surface area contributed by atoms with Gasteiger partial charge in [-0.3, -0.25) is 14.4 Å². The Bertz CT molecular complexity index is 1270. The number of nitrogens with zero attached hydrogens (tertiary/aromatic N) is 3. The molecule has 0 aliphatic rings. The molecule has 0 fully saturated rings. The first-order valence-electron chi connectivity index (χ1n) is 10.6. The standard InChI is InChI=1S/C26H24N4O3/c1-29(26(33)22-12-11-19-7-5-6-10-21(19)15-22)17-24(31)28-23(16-30-14-13-27-18-30)25(32)20-8-3-2-4-9-20/h2-15,18,23H,16-17H2,1H3,(H,28,31). The highest BCUT2D eigenvalue weighted by Gasteiger charge is 2.24. The van der Waals surface area contributed by atoms with Crippen LogP contribution in [0.1, 0.15) is 20.7 Å². The Balaban J connectivity index is 1.45. The molecule has 0 saturated heterocycles. The molecule has 0 aliphatic heterocycles. The molecule has 2 amide bonds. The summed E-state index contributed by atoms with van der Waals surface area (Å²) in [4.78, 5) is 44.1. The molecule has 4 rings (SSSR count). The van der Waals surface area contributed by atoms with Crippen LogP contribution < -0.4 is 5.32 Å². The van der Waals surface area contributed by atoms with Crippen LogP contribution in [0.25, 0.3) is 10.8 Å². The lowest BCUT2D eigenvalue weighted by Crippen LogP contribution is -2.47. The Hall–Kier alpha value is -4.26. The van der Waals surface area contributed by atoms with Crippen molar-refractivity contribution < 1.29 is 14.4 Å². The number of carbonyl (C=O) groups excluding carboxylic acids is 3. The first kappa shape index (κ1) is 22.0. The Kier molecular flexibility index (Phi) is 6.59. The number of hydrogen-bond donors (Lipinski definition) is 1. The highest BCUT2D eigenvalue weighted by molar-refractivity contribution is 6.03. The second kappa shape index (κ2) is 9.91. The number of hydrogen-bond acceptors (Lipinski definition) is 4. The fraction of sp³-hybridized carbons (Fsp3) is 0.154. The third kappa shape index (κ3) is 5.33. The number of aromatic nitrogens is 2. The predicted octanol–water partition coefficient (Wildman–Crippen LogP) is 3.18. The minimum absolute atomic E-state index is 0.172. The van der Waals surface area contributed by atoms with Gasteiger partial charge in [0.15, 0.2) is 5.78 Å². The molecule has 0 spiro atoms. The van der Waals surface area contributed by atoms with E-state index in [1.165, 1.54) is 4.90 Å². The highest BCUT2D eigenvalue weighted by atomic mass is 16.2. The lowest BCUT2D eigenvalue weighted by Gasteiger charge is -2.21. The molecule has 0 saturated carbocycles. The van der Waals surface area contributed by atoms with E-state index in [1.54, 1.807) is 60.7 Å². The molecule has 166 valence electrons. The number of Topliss-reactive ketones (excluding diaryl/α,β-unsaturated/α-hetero) is 1. The van der Waals surface area contributed by atoms with Gasteiger partial charge in [-0.25, -0.2) is 4.98 Å². The average Bonchev–Trinajstić information content (AvgIpc) is 3.36. The fourth-order valence-electron chi connectivity index (χ4n) is 3.67. The first-order valence-corrected chi connectivity index (χ1v) is 10.6.